The van der Waals surface area contributed by atoms with Crippen molar-refractivity contribution >= 4 is 22.7 Å². The Labute approximate surface area is 122 Å². The average Bonchev–Trinajstić information content (AvgIpc) is 2.39. The SMILES string of the molecule is CC(=O)CC(O)c1coc2cc(O)c(O)c(C(=O)O)c2c1=O. The van der Waals surface area contributed by atoms with Crippen molar-refractivity contribution in [2.24, 2.45) is 0 Å². The van der Waals surface area contributed by atoms with Crippen molar-refractivity contribution in [3.63, 3.8) is 0 Å². The van der Waals surface area contributed by atoms with E-state index in [1.54, 1.807) is 0 Å². The second-order valence-corrected chi connectivity index (χ2v) is 4.74. The van der Waals surface area contributed by atoms with Crippen LogP contribution in [0, 0.1) is 0 Å². The number of ketones is 1. The number of phenolic OH excluding ortho intramolecular Hbond substituents is 1. The van der Waals surface area contributed by atoms with E-state index >= 15 is 0 Å². The van der Waals surface area contributed by atoms with Crippen molar-refractivity contribution in [3.8, 4) is 11.5 Å². The number of hydrogen-bond donors (Lipinski definition) is 4. The molecule has 0 aliphatic carbocycles. The highest BCUT2D eigenvalue weighted by Gasteiger charge is 2.25. The molecule has 0 bridgehead atoms. The lowest BCUT2D eigenvalue weighted by Gasteiger charge is -2.11. The molecule has 0 aliphatic rings. The van der Waals surface area contributed by atoms with Crippen molar-refractivity contribution in [2.45, 2.75) is 19.4 Å². The Hall–Kier alpha value is -2.87. The zero-order valence-corrected chi connectivity index (χ0v) is 11.4. The molecule has 1 heterocycles. The normalized spacial score (nSPS) is 12.3. The molecule has 8 nitrogen and oxygen atoms in total. The van der Waals surface area contributed by atoms with E-state index in [0.29, 0.717) is 0 Å². The molecule has 1 aromatic heterocycles. The third-order valence-corrected chi connectivity index (χ3v) is 3.10. The molecule has 0 spiro atoms. The first kappa shape index (κ1) is 15.5. The summed E-state index contributed by atoms with van der Waals surface area (Å²) in [7, 11) is 0. The van der Waals surface area contributed by atoms with Crippen LogP contribution in [-0.4, -0.2) is 32.2 Å². The Morgan fingerprint density at radius 3 is 2.50 bits per heavy atom. The van der Waals surface area contributed by atoms with Crippen LogP contribution in [0.1, 0.15) is 35.4 Å². The quantitative estimate of drug-likeness (QED) is 0.610. The van der Waals surface area contributed by atoms with Gasteiger partial charge in [-0.3, -0.25) is 9.59 Å². The van der Waals surface area contributed by atoms with Crippen LogP contribution in [0.2, 0.25) is 0 Å². The molecule has 2 aromatic rings. The molecule has 0 saturated heterocycles. The highest BCUT2D eigenvalue weighted by atomic mass is 16.4. The molecular weight excluding hydrogens is 296 g/mol. The van der Waals surface area contributed by atoms with Gasteiger partial charge in [0.15, 0.2) is 16.9 Å². The highest BCUT2D eigenvalue weighted by Crippen LogP contribution is 2.35. The number of carbonyl (C=O) groups excluding carboxylic acids is 1. The Bertz CT molecular complexity index is 833. The molecule has 4 N–H and O–H groups in total. The summed E-state index contributed by atoms with van der Waals surface area (Å²) >= 11 is 0. The molecule has 2 rings (SSSR count). The number of hydrogen-bond acceptors (Lipinski definition) is 7. The standard InChI is InChI=1S/C14H12O8/c1-5(15)2-7(16)6-4-22-9-3-8(17)13(19)11(14(20)21)10(9)12(6)18/h3-4,7,16-17,19H,2H2,1H3,(H,20,21). The number of benzene rings is 1. The van der Waals surface area contributed by atoms with Crippen LogP contribution in [0.4, 0.5) is 0 Å². The third kappa shape index (κ3) is 2.51. The molecule has 0 aliphatic heterocycles. The minimum Gasteiger partial charge on any atom is -0.504 e. The molecule has 1 aromatic carbocycles. The van der Waals surface area contributed by atoms with Crippen molar-refractivity contribution in [2.75, 3.05) is 0 Å². The third-order valence-electron chi connectivity index (χ3n) is 3.10. The summed E-state index contributed by atoms with van der Waals surface area (Å²) in [5, 5.41) is 37.6. The number of aromatic carboxylic acids is 1. The minimum atomic E-state index is -1.65. The number of carboxylic acids is 1. The summed E-state index contributed by atoms with van der Waals surface area (Å²) in [5.41, 5.74) is -2.31. The van der Waals surface area contributed by atoms with E-state index in [-0.39, 0.29) is 23.4 Å². The Morgan fingerprint density at radius 1 is 1.32 bits per heavy atom. The van der Waals surface area contributed by atoms with Crippen molar-refractivity contribution in [1.29, 1.82) is 0 Å². The summed E-state index contributed by atoms with van der Waals surface area (Å²) in [6.07, 6.45) is -0.918. The maximum Gasteiger partial charge on any atom is 0.340 e. The molecule has 1 atom stereocenters. The van der Waals surface area contributed by atoms with Gasteiger partial charge in [-0.25, -0.2) is 4.79 Å². The zero-order valence-electron chi connectivity index (χ0n) is 11.4. The molecule has 0 saturated carbocycles. The predicted molar refractivity (Wildman–Crippen MR) is 73.0 cm³/mol. The number of aromatic hydroxyl groups is 2. The van der Waals surface area contributed by atoms with E-state index < -0.39 is 40.0 Å². The van der Waals surface area contributed by atoms with Crippen LogP contribution in [0.25, 0.3) is 11.0 Å². The first-order valence-corrected chi connectivity index (χ1v) is 6.15. The van der Waals surface area contributed by atoms with E-state index in [9.17, 15) is 29.7 Å². The molecule has 116 valence electrons. The van der Waals surface area contributed by atoms with Gasteiger partial charge in [0.2, 0.25) is 0 Å². The fraction of sp³-hybridized carbons (Fsp3) is 0.214. The monoisotopic (exact) mass is 308 g/mol. The van der Waals surface area contributed by atoms with E-state index in [1.165, 1.54) is 6.92 Å². The van der Waals surface area contributed by atoms with Crippen LogP contribution in [0.3, 0.4) is 0 Å². The van der Waals surface area contributed by atoms with Gasteiger partial charge in [-0.1, -0.05) is 0 Å². The first-order chi connectivity index (χ1) is 10.2. The largest absolute Gasteiger partial charge is 0.504 e. The number of carbonyl (C=O) groups is 2. The molecule has 22 heavy (non-hydrogen) atoms. The Kier molecular flexibility index (Phi) is 3.87. The van der Waals surface area contributed by atoms with Gasteiger partial charge in [-0.05, 0) is 6.92 Å². The molecule has 0 radical (unpaired) electrons. The van der Waals surface area contributed by atoms with Gasteiger partial charge < -0.3 is 24.8 Å². The molecule has 0 amide bonds. The average molecular weight is 308 g/mol. The maximum absolute atomic E-state index is 12.4. The smallest absolute Gasteiger partial charge is 0.340 e. The first-order valence-electron chi connectivity index (χ1n) is 6.15. The van der Waals surface area contributed by atoms with Gasteiger partial charge in [0.25, 0.3) is 0 Å². The Morgan fingerprint density at radius 2 is 1.95 bits per heavy atom. The van der Waals surface area contributed by atoms with Crippen LogP contribution in [-0.2, 0) is 4.79 Å². The number of aliphatic hydroxyl groups is 1. The van der Waals surface area contributed by atoms with E-state index in [2.05, 4.69) is 0 Å². The lowest BCUT2D eigenvalue weighted by atomic mass is 10.0. The lowest BCUT2D eigenvalue weighted by molar-refractivity contribution is -0.118. The second kappa shape index (κ2) is 5.49. The lowest BCUT2D eigenvalue weighted by Crippen LogP contribution is -2.17. The number of rotatable bonds is 4. The van der Waals surface area contributed by atoms with Gasteiger partial charge in [-0.2, -0.15) is 0 Å². The summed E-state index contributed by atoms with van der Waals surface area (Å²) in [6.45, 7) is 1.22. The number of phenols is 2. The fourth-order valence-electron chi connectivity index (χ4n) is 2.10. The topological polar surface area (TPSA) is 145 Å². The van der Waals surface area contributed by atoms with E-state index in [1.807, 2.05) is 0 Å². The van der Waals surface area contributed by atoms with Gasteiger partial charge in [0.05, 0.1) is 17.1 Å². The van der Waals surface area contributed by atoms with Crippen LogP contribution < -0.4 is 5.43 Å². The van der Waals surface area contributed by atoms with Gasteiger partial charge in [0, 0.05) is 12.5 Å². The number of Topliss-reactive ketones (excluding diaryl/α,β-unsaturated/α-hetero) is 1. The van der Waals surface area contributed by atoms with Crippen LogP contribution in [0.15, 0.2) is 21.5 Å². The van der Waals surface area contributed by atoms with Crippen LogP contribution in [0.5, 0.6) is 11.5 Å². The van der Waals surface area contributed by atoms with Gasteiger partial charge >= 0.3 is 5.97 Å². The predicted octanol–water partition coefficient (Wildman–Crippen LogP) is 0.915. The van der Waals surface area contributed by atoms with Crippen molar-refractivity contribution < 1.29 is 34.4 Å². The number of fused-ring (bicyclic) bond motifs is 1. The van der Waals surface area contributed by atoms with Gasteiger partial charge in [0.1, 0.15) is 23.2 Å². The molecule has 1 unspecified atom stereocenters. The summed E-state index contributed by atoms with van der Waals surface area (Å²) in [4.78, 5) is 34.6. The zero-order chi connectivity index (χ0) is 16.6. The summed E-state index contributed by atoms with van der Waals surface area (Å²) < 4.78 is 5.05. The summed E-state index contributed by atoms with van der Waals surface area (Å²) in [5.74, 6) is -3.77. The van der Waals surface area contributed by atoms with Crippen LogP contribution >= 0.6 is 0 Å². The van der Waals surface area contributed by atoms with Crippen molar-refractivity contribution in [1.82, 2.24) is 0 Å². The summed E-state index contributed by atoms with van der Waals surface area (Å²) in [6, 6.07) is 0.889. The molecule has 8 heteroatoms. The number of carboxylic acid groups (broad SMARTS) is 1. The van der Waals surface area contributed by atoms with Crippen molar-refractivity contribution in [3.05, 3.63) is 33.7 Å². The van der Waals surface area contributed by atoms with E-state index in [4.69, 9.17) is 9.52 Å². The second-order valence-electron chi connectivity index (χ2n) is 4.74. The van der Waals surface area contributed by atoms with Gasteiger partial charge in [-0.15, -0.1) is 0 Å². The fourth-order valence-corrected chi connectivity index (χ4v) is 2.10. The maximum atomic E-state index is 12.4. The van der Waals surface area contributed by atoms with E-state index in [0.717, 1.165) is 12.3 Å². The Balaban J connectivity index is 2.82. The molecule has 0 fully saturated rings. The minimum absolute atomic E-state index is 0.267. The molecular formula is C14H12O8. The highest BCUT2D eigenvalue weighted by molar-refractivity contribution is 6.05. The number of aliphatic hydroxyl groups excluding tert-OH is 1.